The molecule has 59 heavy (non-hydrogen) atoms. The third-order valence-electron chi connectivity index (χ3n) is 7.66. The number of carboxylic acids is 2. The summed E-state index contributed by atoms with van der Waals surface area (Å²) in [4.78, 5) is 62.4. The summed E-state index contributed by atoms with van der Waals surface area (Å²) in [7, 11) is -1.06. The van der Waals surface area contributed by atoms with Crippen LogP contribution < -0.4 is 35.0 Å². The van der Waals surface area contributed by atoms with Crippen molar-refractivity contribution in [1.29, 1.82) is 0 Å². The Hall–Kier alpha value is -6.15. The Morgan fingerprint density at radius 2 is 1.63 bits per heavy atom. The number of nitrogens with zero attached hydrogens (tertiary/aromatic N) is 1. The van der Waals surface area contributed by atoms with Gasteiger partial charge in [-0.2, -0.15) is 13.2 Å². The molecule has 1 saturated carbocycles. The van der Waals surface area contributed by atoms with Gasteiger partial charge in [-0.25, -0.2) is 19.5 Å². The molecular weight excluding hydrogens is 834 g/mol. The minimum atomic E-state index is -5.08. The Kier molecular flexibility index (Phi) is 15.5. The predicted octanol–water partition coefficient (Wildman–Crippen LogP) is 6.91. The van der Waals surface area contributed by atoms with E-state index in [4.69, 9.17) is 50.1 Å². The molecule has 1 fully saturated rings. The van der Waals surface area contributed by atoms with Gasteiger partial charge in [-0.3, -0.25) is 24.5 Å². The average Bonchev–Trinajstić information content (AvgIpc) is 3.99. The molecule has 0 radical (unpaired) electrons. The lowest BCUT2D eigenvalue weighted by atomic mass is 10.1. The summed E-state index contributed by atoms with van der Waals surface area (Å²) in [5.41, 5.74) is 1.34. The van der Waals surface area contributed by atoms with Crippen molar-refractivity contribution in [2.45, 2.75) is 44.6 Å². The highest BCUT2D eigenvalue weighted by Gasteiger charge is 2.38. The largest absolute Gasteiger partial charge is 0.496 e. The number of aromatic nitrogens is 1. The lowest BCUT2D eigenvalue weighted by Crippen LogP contribution is -2.33. The van der Waals surface area contributed by atoms with E-state index in [1.54, 1.807) is 18.2 Å². The van der Waals surface area contributed by atoms with Gasteiger partial charge in [0.1, 0.15) is 42.0 Å². The first-order chi connectivity index (χ1) is 27.8. The van der Waals surface area contributed by atoms with Crippen LogP contribution in [0.15, 0.2) is 66.9 Å². The number of nitrogens with one attached hydrogen (secondary N) is 4. The number of aliphatic carboxylic acids is 2. The summed E-state index contributed by atoms with van der Waals surface area (Å²) in [6.45, 7) is 1.09. The van der Waals surface area contributed by atoms with Crippen LogP contribution in [0.2, 0.25) is 5.02 Å². The Labute approximate surface area is 337 Å². The van der Waals surface area contributed by atoms with Gasteiger partial charge in [-0.1, -0.05) is 23.7 Å². The minimum Gasteiger partial charge on any atom is -0.496 e. The van der Waals surface area contributed by atoms with Crippen molar-refractivity contribution in [3.63, 3.8) is 0 Å². The number of amides is 4. The van der Waals surface area contributed by atoms with Crippen LogP contribution in [0.5, 0.6) is 23.0 Å². The van der Waals surface area contributed by atoms with Crippen LogP contribution in [-0.4, -0.2) is 84.0 Å². The van der Waals surface area contributed by atoms with E-state index < -0.39 is 43.7 Å². The van der Waals surface area contributed by atoms with Crippen molar-refractivity contribution in [3.8, 4) is 23.0 Å². The molecule has 23 heteroatoms. The smallest absolute Gasteiger partial charge is 0.490 e. The first kappa shape index (κ1) is 45.6. The van der Waals surface area contributed by atoms with Crippen LogP contribution in [-0.2, 0) is 30.2 Å². The van der Waals surface area contributed by atoms with Crippen molar-refractivity contribution in [3.05, 3.63) is 83.0 Å². The van der Waals surface area contributed by atoms with E-state index in [2.05, 4.69) is 26.0 Å². The Balaban J connectivity index is 0.00000101. The second-order valence-electron chi connectivity index (χ2n) is 12.3. The fourth-order valence-electron chi connectivity index (χ4n) is 4.71. The highest BCUT2D eigenvalue weighted by Crippen LogP contribution is 2.43. The summed E-state index contributed by atoms with van der Waals surface area (Å²) in [6, 6.07) is 14.0. The molecule has 1 heterocycles. The maximum Gasteiger partial charge on any atom is 0.490 e. The number of hydrogen-bond acceptors (Lipinski definition) is 12. The second kappa shape index (κ2) is 20.0. The first-order valence-corrected chi connectivity index (χ1v) is 19.2. The Bertz CT molecular complexity index is 2240. The lowest BCUT2D eigenvalue weighted by molar-refractivity contribution is -0.192. The van der Waals surface area contributed by atoms with Crippen molar-refractivity contribution in [2.24, 2.45) is 0 Å². The van der Waals surface area contributed by atoms with E-state index in [-0.39, 0.29) is 47.1 Å². The number of methoxy groups -OCH3 is 2. The number of carbonyl (C=O) groups excluding carboxylic acids is 3. The summed E-state index contributed by atoms with van der Waals surface area (Å²) >= 11 is 6.41. The highest BCUT2D eigenvalue weighted by molar-refractivity contribution is 7.57. The molecular formula is C36H36ClF3N5O13P. The molecule has 1 aliphatic rings. The molecule has 1 aliphatic carbocycles. The number of halogens is 4. The molecule has 5 rings (SSSR count). The van der Waals surface area contributed by atoms with Crippen LogP contribution in [0.1, 0.15) is 35.7 Å². The molecule has 6 N–H and O–H groups in total. The summed E-state index contributed by atoms with van der Waals surface area (Å²) in [6.07, 6.45) is -3.09. The number of alkyl halides is 3. The molecule has 0 spiro atoms. The number of ether oxygens (including phenoxy) is 4. The van der Waals surface area contributed by atoms with Crippen LogP contribution in [0.4, 0.5) is 28.4 Å². The monoisotopic (exact) mass is 869 g/mol. The molecule has 18 nitrogen and oxygen atoms in total. The minimum absolute atomic E-state index is 0.00290. The standard InChI is InChI=1S/C34H35ClN5O11P.C2HF3O2/c1-19(32(42)43)40-52(46,18-47-2)51-22-8-4-20(5-9-22)17-49-34(45)39-31(41)25-15-24-28(16-30(25)48-3)36-13-12-29(24)50-23-10-11-27(26(35)14-23)38-33(44)37-21-6-7-21;3-2(4,5)1(6)7/h4-5,8-16,19,21H,6-7,17-18H2,1-3H3,(H,40,46)(H,42,43)(H2,37,38,44)(H,39,41,45);(H,6,7)/t19-,52?;/m0./s1. The van der Waals surface area contributed by atoms with Crippen LogP contribution in [0, 0.1) is 0 Å². The molecule has 3 aromatic carbocycles. The highest BCUT2D eigenvalue weighted by atomic mass is 35.5. The van der Waals surface area contributed by atoms with Crippen molar-refractivity contribution >= 4 is 65.7 Å². The Morgan fingerprint density at radius 1 is 0.966 bits per heavy atom. The Morgan fingerprint density at radius 3 is 2.20 bits per heavy atom. The van der Waals surface area contributed by atoms with Crippen molar-refractivity contribution in [1.82, 2.24) is 20.7 Å². The summed E-state index contributed by atoms with van der Waals surface area (Å²) < 4.78 is 71.9. The zero-order valence-electron chi connectivity index (χ0n) is 31.1. The predicted molar refractivity (Wildman–Crippen MR) is 203 cm³/mol. The number of urea groups is 1. The van der Waals surface area contributed by atoms with Gasteiger partial charge in [-0.15, -0.1) is 0 Å². The number of rotatable bonds is 15. The van der Waals surface area contributed by atoms with E-state index in [1.807, 2.05) is 0 Å². The number of anilines is 1. The average molecular weight is 870 g/mol. The molecule has 1 aromatic heterocycles. The van der Waals surface area contributed by atoms with Gasteiger partial charge >= 0.3 is 37.8 Å². The van der Waals surface area contributed by atoms with Crippen LogP contribution in [0.25, 0.3) is 10.9 Å². The maximum absolute atomic E-state index is 13.2. The van der Waals surface area contributed by atoms with Gasteiger partial charge in [0, 0.05) is 36.9 Å². The van der Waals surface area contributed by atoms with Crippen molar-refractivity contribution < 1.29 is 75.4 Å². The van der Waals surface area contributed by atoms with Crippen LogP contribution in [0.3, 0.4) is 0 Å². The topological polar surface area (TPSA) is 250 Å². The number of fused-ring (bicyclic) bond motifs is 1. The molecule has 4 aromatic rings. The number of carboxylic acid groups (broad SMARTS) is 2. The molecule has 0 saturated heterocycles. The number of hydrogen-bond donors (Lipinski definition) is 6. The van der Waals surface area contributed by atoms with E-state index in [1.165, 1.54) is 69.8 Å². The molecule has 316 valence electrons. The van der Waals surface area contributed by atoms with E-state index in [0.29, 0.717) is 33.7 Å². The van der Waals surface area contributed by atoms with Gasteiger partial charge in [0.2, 0.25) is 0 Å². The van der Waals surface area contributed by atoms with Gasteiger partial charge in [-0.05, 0) is 61.7 Å². The van der Waals surface area contributed by atoms with Gasteiger partial charge < -0.3 is 44.3 Å². The lowest BCUT2D eigenvalue weighted by Gasteiger charge is -2.22. The summed E-state index contributed by atoms with van der Waals surface area (Å²) in [5.74, 6) is -3.82. The maximum atomic E-state index is 13.2. The molecule has 0 aliphatic heterocycles. The van der Waals surface area contributed by atoms with Gasteiger partial charge in [0.25, 0.3) is 5.91 Å². The normalized spacial score (nSPS) is 13.7. The fourth-order valence-corrected chi connectivity index (χ4v) is 6.62. The van der Waals surface area contributed by atoms with Crippen LogP contribution >= 0.6 is 19.1 Å². The zero-order valence-corrected chi connectivity index (χ0v) is 32.8. The number of pyridine rings is 1. The number of alkyl carbamates (subject to hydrolysis) is 1. The SMILES string of the molecule is COCP(=O)(N[C@@H](C)C(=O)O)Oc1ccc(COC(=O)NC(=O)c2cc3c(Oc4ccc(NC(=O)NC5CC5)c(Cl)c4)ccnc3cc2OC)cc1.O=C(O)C(F)(F)F. The summed E-state index contributed by atoms with van der Waals surface area (Å²) in [5, 5.41) is 27.1. The molecule has 4 amide bonds. The number of imide groups is 1. The molecule has 1 unspecified atom stereocenters. The van der Waals surface area contributed by atoms with E-state index in [9.17, 15) is 36.9 Å². The number of carbonyl (C=O) groups is 5. The quantitative estimate of drug-likeness (QED) is 0.0664. The van der Waals surface area contributed by atoms with E-state index in [0.717, 1.165) is 12.8 Å². The number of benzene rings is 3. The fraction of sp³-hybridized carbons (Fsp3) is 0.278. The second-order valence-corrected chi connectivity index (χ2v) is 14.8. The molecule has 0 bridgehead atoms. The molecule has 2 atom stereocenters. The first-order valence-electron chi connectivity index (χ1n) is 17.0. The van der Waals surface area contributed by atoms with Crippen molar-refractivity contribution in [2.75, 3.05) is 25.9 Å². The third kappa shape index (κ3) is 13.7. The van der Waals surface area contributed by atoms with Gasteiger partial charge in [0.15, 0.2) is 0 Å². The van der Waals surface area contributed by atoms with Gasteiger partial charge in [0.05, 0.1) is 28.9 Å². The zero-order chi connectivity index (χ0) is 43.5. The van der Waals surface area contributed by atoms with E-state index >= 15 is 0 Å². The third-order valence-corrected chi connectivity index (χ3v) is 9.86.